The number of carbonyl (C=O) groups excluding carboxylic acids is 1. The fraction of sp³-hybridized carbons (Fsp3) is 0.348. The second kappa shape index (κ2) is 8.98. The van der Waals surface area contributed by atoms with E-state index >= 15 is 0 Å². The predicted molar refractivity (Wildman–Crippen MR) is 118 cm³/mol. The standard InChI is InChI=1S/C23H25ClN4O3/c1-14(2)31-20-12-15(8-9-17(20)24)23-26-21(28(3)27-23)13-22(29)25-18-10-11-30-19-7-5-4-6-16(18)19/h4-9,12,14,18H,10-11,13H2,1-3H3,(H,25,29)/t18-/m0/s1. The summed E-state index contributed by atoms with van der Waals surface area (Å²) in [5.74, 6) is 2.39. The van der Waals surface area contributed by atoms with E-state index in [1.54, 1.807) is 17.8 Å². The molecule has 0 spiro atoms. The first kappa shape index (κ1) is 21.2. The second-order valence-electron chi connectivity index (χ2n) is 7.76. The van der Waals surface area contributed by atoms with E-state index in [1.165, 1.54) is 0 Å². The van der Waals surface area contributed by atoms with Crippen LogP contribution in [0.25, 0.3) is 11.4 Å². The number of hydrogen-bond donors (Lipinski definition) is 1. The Morgan fingerprint density at radius 2 is 2.13 bits per heavy atom. The fourth-order valence-electron chi connectivity index (χ4n) is 3.56. The Bertz CT molecular complexity index is 1100. The number of para-hydroxylation sites is 1. The molecule has 0 saturated carbocycles. The van der Waals surface area contributed by atoms with Crippen molar-refractivity contribution in [3.8, 4) is 22.9 Å². The highest BCUT2D eigenvalue weighted by molar-refractivity contribution is 6.32. The number of ether oxygens (including phenoxy) is 2. The van der Waals surface area contributed by atoms with Gasteiger partial charge >= 0.3 is 0 Å². The van der Waals surface area contributed by atoms with Gasteiger partial charge < -0.3 is 14.8 Å². The molecule has 1 N–H and O–H groups in total. The molecule has 0 saturated heterocycles. The van der Waals surface area contributed by atoms with Crippen LogP contribution in [0, 0.1) is 0 Å². The van der Waals surface area contributed by atoms with Crippen molar-refractivity contribution in [1.29, 1.82) is 0 Å². The average molecular weight is 441 g/mol. The molecule has 1 aromatic heterocycles. The minimum Gasteiger partial charge on any atom is -0.493 e. The smallest absolute Gasteiger partial charge is 0.228 e. The largest absolute Gasteiger partial charge is 0.493 e. The highest BCUT2D eigenvalue weighted by Gasteiger charge is 2.23. The number of fused-ring (bicyclic) bond motifs is 1. The van der Waals surface area contributed by atoms with Gasteiger partial charge in [-0.2, -0.15) is 5.10 Å². The lowest BCUT2D eigenvalue weighted by atomic mass is 10.0. The lowest BCUT2D eigenvalue weighted by Crippen LogP contribution is -2.33. The van der Waals surface area contributed by atoms with E-state index in [0.29, 0.717) is 29.0 Å². The van der Waals surface area contributed by atoms with Gasteiger partial charge in [-0.1, -0.05) is 29.8 Å². The van der Waals surface area contributed by atoms with Gasteiger partial charge in [-0.15, -0.1) is 0 Å². The lowest BCUT2D eigenvalue weighted by Gasteiger charge is -2.26. The number of carbonyl (C=O) groups is 1. The zero-order valence-electron chi connectivity index (χ0n) is 17.8. The van der Waals surface area contributed by atoms with E-state index in [1.807, 2.05) is 50.2 Å². The number of halogens is 1. The van der Waals surface area contributed by atoms with Gasteiger partial charge in [0.1, 0.15) is 17.3 Å². The minimum atomic E-state index is -0.108. The van der Waals surface area contributed by atoms with Crippen molar-refractivity contribution >= 4 is 17.5 Å². The van der Waals surface area contributed by atoms with Gasteiger partial charge in [0.25, 0.3) is 0 Å². The Morgan fingerprint density at radius 1 is 1.32 bits per heavy atom. The summed E-state index contributed by atoms with van der Waals surface area (Å²) < 4.78 is 13.1. The average Bonchev–Trinajstić information content (AvgIpc) is 3.09. The molecule has 4 rings (SSSR count). The number of rotatable bonds is 6. The summed E-state index contributed by atoms with van der Waals surface area (Å²) in [4.78, 5) is 17.3. The summed E-state index contributed by atoms with van der Waals surface area (Å²) in [5, 5.41) is 8.11. The van der Waals surface area contributed by atoms with Crippen LogP contribution in [-0.2, 0) is 18.3 Å². The van der Waals surface area contributed by atoms with Crippen molar-refractivity contribution in [2.75, 3.05) is 6.61 Å². The van der Waals surface area contributed by atoms with Crippen LogP contribution < -0.4 is 14.8 Å². The molecule has 1 atom stereocenters. The van der Waals surface area contributed by atoms with Crippen LogP contribution in [0.3, 0.4) is 0 Å². The summed E-state index contributed by atoms with van der Waals surface area (Å²) in [6.45, 7) is 4.46. The first-order valence-electron chi connectivity index (χ1n) is 10.3. The summed E-state index contributed by atoms with van der Waals surface area (Å²) in [7, 11) is 1.78. The highest BCUT2D eigenvalue weighted by Crippen LogP contribution is 2.32. The van der Waals surface area contributed by atoms with Crippen LogP contribution in [-0.4, -0.2) is 33.4 Å². The second-order valence-corrected chi connectivity index (χ2v) is 8.17. The van der Waals surface area contributed by atoms with Gasteiger partial charge in [0.05, 0.1) is 30.2 Å². The number of hydrogen-bond acceptors (Lipinski definition) is 5. The van der Waals surface area contributed by atoms with Crippen LogP contribution >= 0.6 is 11.6 Å². The minimum absolute atomic E-state index is 0.000911. The third-order valence-electron chi connectivity index (χ3n) is 5.02. The number of nitrogens with one attached hydrogen (secondary N) is 1. The van der Waals surface area contributed by atoms with Gasteiger partial charge in [0.15, 0.2) is 5.82 Å². The molecule has 0 radical (unpaired) electrons. The Labute approximate surface area is 186 Å². The maximum Gasteiger partial charge on any atom is 0.228 e. The number of aromatic nitrogens is 3. The highest BCUT2D eigenvalue weighted by atomic mass is 35.5. The SMILES string of the molecule is CC(C)Oc1cc(-c2nc(CC(=O)N[C@H]3CCOc4ccccc43)n(C)n2)ccc1Cl. The van der Waals surface area contributed by atoms with Crippen LogP contribution in [0.2, 0.25) is 5.02 Å². The van der Waals surface area contributed by atoms with Crippen molar-refractivity contribution < 1.29 is 14.3 Å². The van der Waals surface area contributed by atoms with Crippen molar-refractivity contribution in [3.05, 3.63) is 58.9 Å². The molecule has 7 nitrogen and oxygen atoms in total. The molecule has 0 bridgehead atoms. The summed E-state index contributed by atoms with van der Waals surface area (Å²) in [6.07, 6.45) is 0.862. The Hall–Kier alpha value is -3.06. The molecule has 162 valence electrons. The number of aryl methyl sites for hydroxylation is 1. The molecule has 2 aromatic carbocycles. The Kier molecular flexibility index (Phi) is 6.13. The maximum absolute atomic E-state index is 12.7. The molecular weight excluding hydrogens is 416 g/mol. The predicted octanol–water partition coefficient (Wildman–Crippen LogP) is 4.11. The van der Waals surface area contributed by atoms with Crippen molar-refractivity contribution in [3.63, 3.8) is 0 Å². The first-order valence-corrected chi connectivity index (χ1v) is 10.7. The summed E-state index contributed by atoms with van der Waals surface area (Å²) >= 11 is 6.23. The quantitative estimate of drug-likeness (QED) is 0.624. The van der Waals surface area contributed by atoms with Crippen LogP contribution in [0.4, 0.5) is 0 Å². The van der Waals surface area contributed by atoms with E-state index in [-0.39, 0.29) is 24.5 Å². The normalized spacial score (nSPS) is 15.3. The lowest BCUT2D eigenvalue weighted by molar-refractivity contribution is -0.121. The molecule has 8 heteroatoms. The van der Waals surface area contributed by atoms with Gasteiger partial charge in [-0.3, -0.25) is 9.48 Å². The summed E-state index contributed by atoms with van der Waals surface area (Å²) in [6, 6.07) is 13.1. The van der Waals surface area contributed by atoms with E-state index in [0.717, 1.165) is 23.3 Å². The van der Waals surface area contributed by atoms with Crippen LogP contribution in [0.15, 0.2) is 42.5 Å². The van der Waals surface area contributed by atoms with Gasteiger partial charge in [0.2, 0.25) is 5.91 Å². The monoisotopic (exact) mass is 440 g/mol. The third kappa shape index (κ3) is 4.82. The molecular formula is C23H25ClN4O3. The first-order chi connectivity index (χ1) is 14.9. The van der Waals surface area contributed by atoms with Crippen molar-refractivity contribution in [1.82, 2.24) is 20.1 Å². The zero-order chi connectivity index (χ0) is 22.0. The van der Waals surface area contributed by atoms with E-state index in [4.69, 9.17) is 21.1 Å². The fourth-order valence-corrected chi connectivity index (χ4v) is 3.72. The van der Waals surface area contributed by atoms with Gasteiger partial charge in [-0.25, -0.2) is 4.98 Å². The van der Waals surface area contributed by atoms with E-state index in [2.05, 4.69) is 15.4 Å². The molecule has 0 fully saturated rings. The molecule has 1 aliphatic heterocycles. The zero-order valence-corrected chi connectivity index (χ0v) is 18.5. The Balaban J connectivity index is 1.48. The molecule has 31 heavy (non-hydrogen) atoms. The number of benzene rings is 2. The molecule has 2 heterocycles. The van der Waals surface area contributed by atoms with Crippen LogP contribution in [0.1, 0.15) is 37.7 Å². The summed E-state index contributed by atoms with van der Waals surface area (Å²) in [5.41, 5.74) is 1.78. The molecule has 3 aromatic rings. The van der Waals surface area contributed by atoms with Crippen molar-refractivity contribution in [2.24, 2.45) is 7.05 Å². The van der Waals surface area contributed by atoms with E-state index in [9.17, 15) is 4.79 Å². The maximum atomic E-state index is 12.7. The van der Waals surface area contributed by atoms with Gasteiger partial charge in [-0.05, 0) is 38.1 Å². The van der Waals surface area contributed by atoms with Gasteiger partial charge in [0, 0.05) is 24.6 Å². The topological polar surface area (TPSA) is 78.3 Å². The molecule has 1 amide bonds. The number of amides is 1. The molecule has 1 aliphatic rings. The molecule has 0 unspecified atom stereocenters. The van der Waals surface area contributed by atoms with Crippen molar-refractivity contribution in [2.45, 2.75) is 38.8 Å². The third-order valence-corrected chi connectivity index (χ3v) is 5.33. The Morgan fingerprint density at radius 3 is 2.94 bits per heavy atom. The van der Waals surface area contributed by atoms with E-state index < -0.39 is 0 Å². The number of nitrogens with zero attached hydrogens (tertiary/aromatic N) is 3. The molecule has 0 aliphatic carbocycles. The van der Waals surface area contributed by atoms with Crippen LogP contribution in [0.5, 0.6) is 11.5 Å².